The molecule has 6 heteroatoms. The van der Waals surface area contributed by atoms with Crippen LogP contribution in [0.25, 0.3) is 17.5 Å². The molecule has 0 radical (unpaired) electrons. The number of hydrogen-bond acceptors (Lipinski definition) is 6. The SMILES string of the molecule is CCOC(=O)/C=C/c1ccc(NCc2nc(-c3ccc(C(C)C)cc3)no2)cc1. The minimum absolute atomic E-state index is 0.347. The molecule has 0 aliphatic rings. The molecule has 0 saturated heterocycles. The fourth-order valence-corrected chi connectivity index (χ4v) is 2.71. The van der Waals surface area contributed by atoms with Crippen LogP contribution in [0.4, 0.5) is 5.69 Å². The van der Waals surface area contributed by atoms with Crippen LogP contribution >= 0.6 is 0 Å². The summed E-state index contributed by atoms with van der Waals surface area (Å²) in [5.41, 5.74) is 4.04. The maximum atomic E-state index is 11.3. The Hall–Kier alpha value is -3.41. The van der Waals surface area contributed by atoms with E-state index in [1.54, 1.807) is 13.0 Å². The first-order valence-electron chi connectivity index (χ1n) is 9.67. The van der Waals surface area contributed by atoms with Crippen molar-refractivity contribution in [2.45, 2.75) is 33.2 Å². The number of nitrogens with one attached hydrogen (secondary N) is 1. The highest BCUT2D eigenvalue weighted by Crippen LogP contribution is 2.21. The molecule has 2 aromatic carbocycles. The summed E-state index contributed by atoms with van der Waals surface area (Å²) < 4.78 is 10.2. The van der Waals surface area contributed by atoms with Crippen LogP contribution in [-0.4, -0.2) is 22.7 Å². The number of benzene rings is 2. The average Bonchev–Trinajstić information content (AvgIpc) is 3.21. The van der Waals surface area contributed by atoms with Gasteiger partial charge in [-0.15, -0.1) is 0 Å². The second-order valence-corrected chi connectivity index (χ2v) is 6.85. The van der Waals surface area contributed by atoms with Gasteiger partial charge in [0.2, 0.25) is 11.7 Å². The van der Waals surface area contributed by atoms with E-state index in [4.69, 9.17) is 9.26 Å². The lowest BCUT2D eigenvalue weighted by Crippen LogP contribution is -2.00. The third-order valence-corrected chi connectivity index (χ3v) is 4.36. The van der Waals surface area contributed by atoms with Crippen LogP contribution in [0.1, 0.15) is 43.7 Å². The number of anilines is 1. The molecule has 0 bridgehead atoms. The Kier molecular flexibility index (Phi) is 6.79. The van der Waals surface area contributed by atoms with Crippen molar-refractivity contribution in [1.82, 2.24) is 10.1 Å². The van der Waals surface area contributed by atoms with Crippen LogP contribution in [0.2, 0.25) is 0 Å². The zero-order chi connectivity index (χ0) is 20.6. The summed E-state index contributed by atoms with van der Waals surface area (Å²) in [7, 11) is 0. The molecule has 0 aliphatic heterocycles. The van der Waals surface area contributed by atoms with Crippen LogP contribution in [0.5, 0.6) is 0 Å². The summed E-state index contributed by atoms with van der Waals surface area (Å²) in [4.78, 5) is 15.8. The third-order valence-electron chi connectivity index (χ3n) is 4.36. The van der Waals surface area contributed by atoms with E-state index in [2.05, 4.69) is 41.4 Å². The highest BCUT2D eigenvalue weighted by molar-refractivity contribution is 5.87. The van der Waals surface area contributed by atoms with Crippen LogP contribution in [0.15, 0.2) is 59.1 Å². The molecule has 1 N–H and O–H groups in total. The highest BCUT2D eigenvalue weighted by atomic mass is 16.5. The summed E-state index contributed by atoms with van der Waals surface area (Å²) in [6, 6.07) is 15.9. The molecule has 0 aliphatic carbocycles. The van der Waals surface area contributed by atoms with E-state index in [9.17, 15) is 4.79 Å². The molecule has 3 aromatic rings. The first-order valence-corrected chi connectivity index (χ1v) is 9.67. The quantitative estimate of drug-likeness (QED) is 0.428. The summed E-state index contributed by atoms with van der Waals surface area (Å²) in [6.07, 6.45) is 3.14. The summed E-state index contributed by atoms with van der Waals surface area (Å²) in [5, 5.41) is 7.31. The van der Waals surface area contributed by atoms with E-state index in [0.29, 0.717) is 30.8 Å². The summed E-state index contributed by atoms with van der Waals surface area (Å²) >= 11 is 0. The van der Waals surface area contributed by atoms with E-state index in [-0.39, 0.29) is 5.97 Å². The predicted molar refractivity (Wildman–Crippen MR) is 113 cm³/mol. The van der Waals surface area contributed by atoms with E-state index in [1.807, 2.05) is 36.4 Å². The molecule has 1 heterocycles. The van der Waals surface area contributed by atoms with Gasteiger partial charge in [0.15, 0.2) is 0 Å². The Morgan fingerprint density at radius 1 is 1.14 bits per heavy atom. The van der Waals surface area contributed by atoms with Gasteiger partial charge in [-0.3, -0.25) is 0 Å². The van der Waals surface area contributed by atoms with Crippen molar-refractivity contribution in [3.05, 3.63) is 71.6 Å². The zero-order valence-electron chi connectivity index (χ0n) is 16.9. The molecule has 0 saturated carbocycles. The molecule has 1 aromatic heterocycles. The number of ether oxygens (including phenoxy) is 1. The van der Waals surface area contributed by atoms with Crippen molar-refractivity contribution < 1.29 is 14.1 Å². The van der Waals surface area contributed by atoms with E-state index in [1.165, 1.54) is 11.6 Å². The fraction of sp³-hybridized carbons (Fsp3) is 0.261. The number of nitrogens with zero attached hydrogens (tertiary/aromatic N) is 2. The van der Waals surface area contributed by atoms with Crippen molar-refractivity contribution >= 4 is 17.7 Å². The van der Waals surface area contributed by atoms with Crippen molar-refractivity contribution in [2.24, 2.45) is 0 Å². The molecule has 6 nitrogen and oxygen atoms in total. The molecule has 0 fully saturated rings. The van der Waals surface area contributed by atoms with Gasteiger partial charge in [0.1, 0.15) is 0 Å². The van der Waals surface area contributed by atoms with Crippen LogP contribution in [0.3, 0.4) is 0 Å². The van der Waals surface area contributed by atoms with Gasteiger partial charge in [-0.05, 0) is 42.2 Å². The average molecular weight is 391 g/mol. The highest BCUT2D eigenvalue weighted by Gasteiger charge is 2.09. The van der Waals surface area contributed by atoms with Gasteiger partial charge in [0.25, 0.3) is 0 Å². The molecule has 150 valence electrons. The van der Waals surface area contributed by atoms with Gasteiger partial charge in [-0.1, -0.05) is 55.4 Å². The van der Waals surface area contributed by atoms with E-state index < -0.39 is 0 Å². The number of carbonyl (C=O) groups is 1. The number of esters is 1. The van der Waals surface area contributed by atoms with Crippen LogP contribution < -0.4 is 5.32 Å². The first-order chi connectivity index (χ1) is 14.0. The van der Waals surface area contributed by atoms with Gasteiger partial charge >= 0.3 is 5.97 Å². The van der Waals surface area contributed by atoms with Gasteiger partial charge in [0, 0.05) is 17.3 Å². The second-order valence-electron chi connectivity index (χ2n) is 6.85. The molecule has 0 unspecified atom stereocenters. The summed E-state index contributed by atoms with van der Waals surface area (Å²) in [6.45, 7) is 6.90. The standard InChI is InChI=1S/C23H25N3O3/c1-4-28-22(27)14-7-17-5-12-20(13-6-17)24-15-21-25-23(26-29-21)19-10-8-18(9-11-19)16(2)3/h5-14,16,24H,4,15H2,1-3H3/b14-7+. The number of hydrogen-bond donors (Lipinski definition) is 1. The molecule has 0 amide bonds. The molecular formula is C23H25N3O3. The van der Waals surface area contributed by atoms with Crippen LogP contribution in [-0.2, 0) is 16.1 Å². The van der Waals surface area contributed by atoms with Crippen molar-refractivity contribution in [3.8, 4) is 11.4 Å². The molecule has 3 rings (SSSR count). The minimum atomic E-state index is -0.347. The Morgan fingerprint density at radius 2 is 1.86 bits per heavy atom. The first kappa shape index (κ1) is 20.3. The largest absolute Gasteiger partial charge is 0.463 e. The number of aromatic nitrogens is 2. The molecular weight excluding hydrogens is 366 g/mol. The topological polar surface area (TPSA) is 77.2 Å². The Bertz CT molecular complexity index is 958. The zero-order valence-corrected chi connectivity index (χ0v) is 16.9. The normalized spacial score (nSPS) is 11.2. The summed E-state index contributed by atoms with van der Waals surface area (Å²) in [5.74, 6) is 1.23. The third kappa shape index (κ3) is 5.78. The molecule has 0 spiro atoms. The number of carbonyl (C=O) groups excluding carboxylic acids is 1. The maximum Gasteiger partial charge on any atom is 0.330 e. The van der Waals surface area contributed by atoms with Gasteiger partial charge in [-0.25, -0.2) is 4.79 Å². The predicted octanol–water partition coefficient (Wildman–Crippen LogP) is 5.05. The Labute approximate surface area is 170 Å². The fourth-order valence-electron chi connectivity index (χ4n) is 2.71. The van der Waals surface area contributed by atoms with E-state index in [0.717, 1.165) is 16.8 Å². The lowest BCUT2D eigenvalue weighted by atomic mass is 10.0. The molecule has 0 atom stereocenters. The van der Waals surface area contributed by atoms with Gasteiger partial charge in [-0.2, -0.15) is 4.98 Å². The maximum absolute atomic E-state index is 11.3. The van der Waals surface area contributed by atoms with Gasteiger partial charge < -0.3 is 14.6 Å². The lowest BCUT2D eigenvalue weighted by Gasteiger charge is -2.04. The number of rotatable bonds is 8. The van der Waals surface area contributed by atoms with Crippen molar-refractivity contribution in [2.75, 3.05) is 11.9 Å². The Morgan fingerprint density at radius 3 is 2.52 bits per heavy atom. The van der Waals surface area contributed by atoms with E-state index >= 15 is 0 Å². The Balaban J connectivity index is 1.56. The van der Waals surface area contributed by atoms with Crippen molar-refractivity contribution in [1.29, 1.82) is 0 Å². The minimum Gasteiger partial charge on any atom is -0.463 e. The van der Waals surface area contributed by atoms with Gasteiger partial charge in [0.05, 0.1) is 13.2 Å². The van der Waals surface area contributed by atoms with Crippen LogP contribution in [0, 0.1) is 0 Å². The van der Waals surface area contributed by atoms with Crippen molar-refractivity contribution in [3.63, 3.8) is 0 Å². The monoisotopic (exact) mass is 391 g/mol. The smallest absolute Gasteiger partial charge is 0.330 e. The molecule has 29 heavy (non-hydrogen) atoms. The lowest BCUT2D eigenvalue weighted by molar-refractivity contribution is -0.137. The second kappa shape index (κ2) is 9.68.